The van der Waals surface area contributed by atoms with Crippen LogP contribution in [0.5, 0.6) is 0 Å². The van der Waals surface area contributed by atoms with Gasteiger partial charge < -0.3 is 0 Å². The van der Waals surface area contributed by atoms with Crippen LogP contribution in [0.2, 0.25) is 0 Å². The normalized spacial score (nSPS) is 14.0. The number of rotatable bonds is 7. The average Bonchev–Trinajstić information content (AvgIpc) is 2.45. The average molecular weight is 430 g/mol. The van der Waals surface area contributed by atoms with Crippen LogP contribution in [0.1, 0.15) is 12.8 Å². The Balaban J connectivity index is 2.98. The largest absolute Gasteiger partial charge is 0.498 e. The fourth-order valence-electron chi connectivity index (χ4n) is 1.73. The van der Waals surface area contributed by atoms with Crippen LogP contribution < -0.4 is 0 Å². The Morgan fingerprint density at radius 2 is 1.28 bits per heavy atom. The predicted octanol–water partition coefficient (Wildman–Crippen LogP) is 3.75. The van der Waals surface area contributed by atoms with E-state index in [2.05, 4.69) is 0 Å². The number of halogens is 6. The maximum Gasteiger partial charge on any atom is 0.498 e. The summed E-state index contributed by atoms with van der Waals surface area (Å²) in [7, 11) is -13.1. The lowest BCUT2D eigenvalue weighted by atomic mass is 10.4. The molecule has 1 aromatic rings. The first-order chi connectivity index (χ1) is 11.2. The Morgan fingerprint density at radius 3 is 1.68 bits per heavy atom. The SMILES string of the molecule is O=S(=O)(C(CCCSc1ccccc1)S(=O)(=O)C(F)(F)F)C(F)(F)F. The quantitative estimate of drug-likeness (QED) is 0.374. The summed E-state index contributed by atoms with van der Waals surface area (Å²) < 4.78 is 117. The molecule has 0 aliphatic heterocycles. The molecule has 0 aliphatic carbocycles. The lowest BCUT2D eigenvalue weighted by molar-refractivity contribution is -0.0472. The summed E-state index contributed by atoms with van der Waals surface area (Å²) in [5, 5.41) is 0. The Kier molecular flexibility index (Phi) is 6.84. The molecular weight excluding hydrogens is 418 g/mol. The molecule has 0 aliphatic rings. The summed E-state index contributed by atoms with van der Waals surface area (Å²) in [6, 6.07) is 8.23. The van der Waals surface area contributed by atoms with Gasteiger partial charge in [-0.1, -0.05) is 18.2 Å². The minimum atomic E-state index is -6.54. The highest BCUT2D eigenvalue weighted by molar-refractivity contribution is 8.09. The predicted molar refractivity (Wildman–Crippen MR) is 80.1 cm³/mol. The molecule has 0 atom stereocenters. The van der Waals surface area contributed by atoms with Gasteiger partial charge in [0.1, 0.15) is 0 Å². The van der Waals surface area contributed by atoms with Crippen molar-refractivity contribution in [1.29, 1.82) is 0 Å². The Labute approximate surface area is 144 Å². The molecule has 25 heavy (non-hydrogen) atoms. The van der Waals surface area contributed by atoms with Crippen molar-refractivity contribution in [3.05, 3.63) is 30.3 Å². The molecule has 0 radical (unpaired) electrons. The fraction of sp³-hybridized carbons (Fsp3) is 0.500. The van der Waals surface area contributed by atoms with Crippen molar-refractivity contribution in [2.24, 2.45) is 0 Å². The molecule has 0 bridgehead atoms. The van der Waals surface area contributed by atoms with Crippen LogP contribution in [0.4, 0.5) is 26.3 Å². The Morgan fingerprint density at radius 1 is 0.840 bits per heavy atom. The van der Waals surface area contributed by atoms with E-state index in [0.29, 0.717) is 4.90 Å². The summed E-state index contributed by atoms with van der Waals surface area (Å²) in [6.07, 6.45) is -1.79. The molecule has 0 saturated heterocycles. The van der Waals surface area contributed by atoms with Crippen LogP contribution in [0.25, 0.3) is 0 Å². The monoisotopic (exact) mass is 430 g/mol. The summed E-state index contributed by atoms with van der Waals surface area (Å²) in [5.74, 6) is -0.0543. The van der Waals surface area contributed by atoms with E-state index in [1.807, 2.05) is 0 Å². The zero-order valence-corrected chi connectivity index (χ0v) is 14.7. The zero-order valence-electron chi connectivity index (χ0n) is 12.2. The van der Waals surface area contributed by atoms with Gasteiger partial charge >= 0.3 is 11.0 Å². The first-order valence-corrected chi connectivity index (χ1v) is 10.6. The second-order valence-corrected chi connectivity index (χ2v) is 10.4. The molecule has 0 aromatic heterocycles. The van der Waals surface area contributed by atoms with E-state index in [1.165, 1.54) is 0 Å². The molecule has 4 nitrogen and oxygen atoms in total. The number of hydrogen-bond donors (Lipinski definition) is 0. The lowest BCUT2D eigenvalue weighted by Crippen LogP contribution is -2.44. The van der Waals surface area contributed by atoms with E-state index >= 15 is 0 Å². The minimum Gasteiger partial charge on any atom is -0.218 e. The molecule has 13 heteroatoms. The van der Waals surface area contributed by atoms with Gasteiger partial charge in [0.25, 0.3) is 19.7 Å². The van der Waals surface area contributed by atoms with E-state index in [1.54, 1.807) is 30.3 Å². The number of sulfone groups is 2. The van der Waals surface area contributed by atoms with Crippen molar-refractivity contribution < 1.29 is 43.2 Å². The van der Waals surface area contributed by atoms with Gasteiger partial charge in [-0.25, -0.2) is 16.8 Å². The first kappa shape index (κ1) is 22.1. The van der Waals surface area contributed by atoms with Crippen molar-refractivity contribution in [2.75, 3.05) is 5.75 Å². The maximum absolute atomic E-state index is 12.6. The van der Waals surface area contributed by atoms with E-state index in [-0.39, 0.29) is 5.75 Å². The maximum atomic E-state index is 12.6. The zero-order chi connectivity index (χ0) is 19.5. The standard InChI is InChI=1S/C12H12F6O4S3/c13-11(14,15)24(19,20)10(25(21,22)12(16,17)18)7-4-8-23-9-5-2-1-3-6-9/h1-3,5-6,10H,4,7-8H2. The highest BCUT2D eigenvalue weighted by atomic mass is 32.3. The highest BCUT2D eigenvalue weighted by Crippen LogP contribution is 2.38. The lowest BCUT2D eigenvalue weighted by Gasteiger charge is -2.20. The van der Waals surface area contributed by atoms with Crippen molar-refractivity contribution in [3.8, 4) is 0 Å². The van der Waals surface area contributed by atoms with Crippen LogP contribution >= 0.6 is 11.8 Å². The van der Waals surface area contributed by atoms with Gasteiger partial charge in [0.15, 0.2) is 4.58 Å². The van der Waals surface area contributed by atoms with E-state index in [9.17, 15) is 43.2 Å². The summed E-state index contributed by atoms with van der Waals surface area (Å²) in [6.45, 7) is 0. The fourth-order valence-corrected chi connectivity index (χ4v) is 6.17. The molecule has 144 valence electrons. The van der Waals surface area contributed by atoms with Crippen LogP contribution in [-0.2, 0) is 19.7 Å². The van der Waals surface area contributed by atoms with Gasteiger partial charge in [0.2, 0.25) is 0 Å². The molecule has 0 N–H and O–H groups in total. The number of alkyl halides is 6. The van der Waals surface area contributed by atoms with Crippen molar-refractivity contribution in [3.63, 3.8) is 0 Å². The van der Waals surface area contributed by atoms with Gasteiger partial charge in [-0.2, -0.15) is 26.3 Å². The number of thioether (sulfide) groups is 1. The van der Waals surface area contributed by atoms with Crippen molar-refractivity contribution >= 4 is 31.4 Å². The van der Waals surface area contributed by atoms with Crippen molar-refractivity contribution in [2.45, 2.75) is 33.3 Å². The molecule has 0 heterocycles. The van der Waals surface area contributed by atoms with Gasteiger partial charge in [-0.15, -0.1) is 11.8 Å². The van der Waals surface area contributed by atoms with Gasteiger partial charge in [0, 0.05) is 4.90 Å². The van der Waals surface area contributed by atoms with E-state index < -0.39 is 48.1 Å². The third kappa shape index (κ3) is 5.26. The Hall–Kier alpha value is -0.950. The summed E-state index contributed by atoms with van der Waals surface area (Å²) in [4.78, 5) is 0.649. The number of benzene rings is 1. The van der Waals surface area contributed by atoms with Crippen LogP contribution in [0, 0.1) is 0 Å². The topological polar surface area (TPSA) is 68.3 Å². The Bertz CT molecular complexity index is 725. The van der Waals surface area contributed by atoms with Gasteiger partial charge in [-0.3, -0.25) is 0 Å². The molecule has 1 rings (SSSR count). The van der Waals surface area contributed by atoms with Crippen LogP contribution in [0.15, 0.2) is 35.2 Å². The summed E-state index contributed by atoms with van der Waals surface area (Å²) >= 11 is 1.05. The smallest absolute Gasteiger partial charge is 0.218 e. The second-order valence-electron chi connectivity index (χ2n) is 4.71. The minimum absolute atomic E-state index is 0.0543. The molecule has 0 saturated carbocycles. The number of hydrogen-bond acceptors (Lipinski definition) is 5. The molecule has 0 amide bonds. The van der Waals surface area contributed by atoms with E-state index in [4.69, 9.17) is 0 Å². The molecule has 0 spiro atoms. The third-order valence-corrected chi connectivity index (χ3v) is 8.70. The van der Waals surface area contributed by atoms with Crippen LogP contribution in [-0.4, -0.2) is 38.2 Å². The highest BCUT2D eigenvalue weighted by Gasteiger charge is 2.62. The second kappa shape index (κ2) is 7.74. The van der Waals surface area contributed by atoms with Gasteiger partial charge in [0.05, 0.1) is 0 Å². The molecule has 1 aromatic carbocycles. The third-order valence-electron chi connectivity index (χ3n) is 2.93. The van der Waals surface area contributed by atoms with E-state index in [0.717, 1.165) is 11.8 Å². The first-order valence-electron chi connectivity index (χ1n) is 6.49. The summed E-state index contributed by atoms with van der Waals surface area (Å²) in [5.41, 5.74) is -12.2. The van der Waals surface area contributed by atoms with Gasteiger partial charge in [-0.05, 0) is 30.7 Å². The molecule has 0 unspecified atom stereocenters. The van der Waals surface area contributed by atoms with Crippen LogP contribution in [0.3, 0.4) is 0 Å². The molecular formula is C12H12F6O4S3. The molecule has 0 fully saturated rings. The van der Waals surface area contributed by atoms with Crippen molar-refractivity contribution in [1.82, 2.24) is 0 Å².